The summed E-state index contributed by atoms with van der Waals surface area (Å²) in [5.41, 5.74) is 2.46. The Hall–Kier alpha value is -1.39. The third-order valence-corrected chi connectivity index (χ3v) is 3.06. The van der Waals surface area contributed by atoms with Crippen LogP contribution in [0.3, 0.4) is 0 Å². The van der Waals surface area contributed by atoms with Crippen LogP contribution in [0.15, 0.2) is 24.3 Å². The lowest BCUT2D eigenvalue weighted by atomic mass is 10.0. The molecule has 1 aromatic rings. The van der Waals surface area contributed by atoms with Crippen LogP contribution in [0.2, 0.25) is 0 Å². The van der Waals surface area contributed by atoms with E-state index in [0.717, 1.165) is 13.0 Å². The summed E-state index contributed by atoms with van der Waals surface area (Å²) >= 11 is 0. The maximum absolute atomic E-state index is 11.6. The number of aryl methyl sites for hydroxylation is 1. The number of benzene rings is 1. The van der Waals surface area contributed by atoms with Gasteiger partial charge in [0.05, 0.1) is 19.6 Å². The van der Waals surface area contributed by atoms with E-state index in [4.69, 9.17) is 9.47 Å². The first kappa shape index (κ1) is 16.7. The molecule has 0 heterocycles. The van der Waals surface area contributed by atoms with Gasteiger partial charge in [0.15, 0.2) is 0 Å². The maximum atomic E-state index is 11.6. The molecule has 0 fully saturated rings. The molecule has 0 saturated carbocycles. The molecule has 0 aliphatic carbocycles. The minimum absolute atomic E-state index is 0.0758. The number of ether oxygens (including phenoxy) is 2. The lowest BCUT2D eigenvalue weighted by Crippen LogP contribution is -2.36. The molecule has 0 aliphatic heterocycles. The highest BCUT2D eigenvalue weighted by Crippen LogP contribution is 2.09. The number of carbonyl (C=O) groups is 1. The van der Waals surface area contributed by atoms with Crippen LogP contribution >= 0.6 is 0 Å². The zero-order valence-electron chi connectivity index (χ0n) is 12.6. The van der Waals surface area contributed by atoms with Crippen molar-refractivity contribution in [2.24, 2.45) is 0 Å². The first-order valence-corrected chi connectivity index (χ1v) is 7.09. The van der Waals surface area contributed by atoms with Gasteiger partial charge in [-0.15, -0.1) is 0 Å². The Morgan fingerprint density at radius 3 is 2.60 bits per heavy atom. The molecule has 4 heteroatoms. The van der Waals surface area contributed by atoms with E-state index in [1.54, 1.807) is 7.11 Å². The minimum Gasteiger partial charge on any atom is -0.466 e. The number of nitrogens with one attached hydrogen (secondary N) is 1. The average Bonchev–Trinajstić information content (AvgIpc) is 2.42. The van der Waals surface area contributed by atoms with E-state index in [2.05, 4.69) is 36.5 Å². The molecule has 0 aromatic heterocycles. The van der Waals surface area contributed by atoms with E-state index < -0.39 is 0 Å². The standard InChI is InChI=1S/C16H25NO3/c1-4-20-16(18)12-15(17-9-10-19-3)11-14-7-5-13(2)6-8-14/h5-8,15,17H,4,9-12H2,1-3H3. The number of methoxy groups -OCH3 is 1. The van der Waals surface area contributed by atoms with Gasteiger partial charge >= 0.3 is 5.97 Å². The molecule has 0 radical (unpaired) electrons. The van der Waals surface area contributed by atoms with Gasteiger partial charge in [0.1, 0.15) is 0 Å². The van der Waals surface area contributed by atoms with Crippen molar-refractivity contribution < 1.29 is 14.3 Å². The van der Waals surface area contributed by atoms with E-state index >= 15 is 0 Å². The van der Waals surface area contributed by atoms with E-state index in [0.29, 0.717) is 19.6 Å². The summed E-state index contributed by atoms with van der Waals surface area (Å²) in [6.45, 7) is 5.68. The lowest BCUT2D eigenvalue weighted by molar-refractivity contribution is -0.143. The zero-order chi connectivity index (χ0) is 14.8. The van der Waals surface area contributed by atoms with Crippen molar-refractivity contribution in [1.29, 1.82) is 0 Å². The topological polar surface area (TPSA) is 47.6 Å². The van der Waals surface area contributed by atoms with Gasteiger partial charge in [0.2, 0.25) is 0 Å². The fourth-order valence-electron chi connectivity index (χ4n) is 2.01. The van der Waals surface area contributed by atoms with Gasteiger partial charge in [-0.3, -0.25) is 4.79 Å². The normalized spacial score (nSPS) is 12.2. The zero-order valence-corrected chi connectivity index (χ0v) is 12.6. The summed E-state index contributed by atoms with van der Waals surface area (Å²) in [5, 5.41) is 3.35. The molecule has 0 bridgehead atoms. The predicted molar refractivity (Wildman–Crippen MR) is 79.8 cm³/mol. The summed E-state index contributed by atoms with van der Waals surface area (Å²) in [6, 6.07) is 8.46. The average molecular weight is 279 g/mol. The van der Waals surface area contributed by atoms with E-state index in [-0.39, 0.29) is 12.0 Å². The van der Waals surface area contributed by atoms with Gasteiger partial charge in [-0.25, -0.2) is 0 Å². The number of hydrogen-bond donors (Lipinski definition) is 1. The molecule has 0 amide bonds. The first-order chi connectivity index (χ1) is 9.65. The van der Waals surface area contributed by atoms with Crippen LogP contribution in [-0.2, 0) is 20.7 Å². The van der Waals surface area contributed by atoms with Gasteiger partial charge < -0.3 is 14.8 Å². The summed E-state index contributed by atoms with van der Waals surface area (Å²) < 4.78 is 10.1. The van der Waals surface area contributed by atoms with Gasteiger partial charge in [-0.05, 0) is 25.8 Å². The molecule has 0 aliphatic rings. The third-order valence-electron chi connectivity index (χ3n) is 3.06. The van der Waals surface area contributed by atoms with Crippen molar-refractivity contribution in [1.82, 2.24) is 5.32 Å². The molecule has 1 atom stereocenters. The molecule has 4 nitrogen and oxygen atoms in total. The Kier molecular flexibility index (Phi) is 7.92. The highest BCUT2D eigenvalue weighted by Gasteiger charge is 2.14. The van der Waals surface area contributed by atoms with Crippen molar-refractivity contribution in [2.75, 3.05) is 26.9 Å². The third kappa shape index (κ3) is 6.68. The summed E-state index contributed by atoms with van der Waals surface area (Å²) in [7, 11) is 1.67. The minimum atomic E-state index is -0.158. The molecular weight excluding hydrogens is 254 g/mol. The van der Waals surface area contributed by atoms with Crippen LogP contribution in [0, 0.1) is 6.92 Å². The van der Waals surface area contributed by atoms with Crippen LogP contribution in [0.4, 0.5) is 0 Å². The fraction of sp³-hybridized carbons (Fsp3) is 0.562. The molecule has 112 valence electrons. The quantitative estimate of drug-likeness (QED) is 0.555. The van der Waals surface area contributed by atoms with Crippen molar-refractivity contribution in [3.63, 3.8) is 0 Å². The highest BCUT2D eigenvalue weighted by atomic mass is 16.5. The van der Waals surface area contributed by atoms with E-state index in [1.165, 1.54) is 11.1 Å². The largest absolute Gasteiger partial charge is 0.466 e. The first-order valence-electron chi connectivity index (χ1n) is 7.09. The number of esters is 1. The van der Waals surface area contributed by atoms with Crippen LogP contribution < -0.4 is 5.32 Å². The number of rotatable bonds is 9. The SMILES string of the molecule is CCOC(=O)CC(Cc1ccc(C)cc1)NCCOC. The molecule has 0 spiro atoms. The second-order valence-corrected chi connectivity index (χ2v) is 4.84. The summed E-state index contributed by atoms with van der Waals surface area (Å²) in [5.74, 6) is -0.158. The van der Waals surface area contributed by atoms with Crippen LogP contribution in [0.25, 0.3) is 0 Å². The van der Waals surface area contributed by atoms with Gasteiger partial charge in [0.25, 0.3) is 0 Å². The molecular formula is C16H25NO3. The molecule has 0 saturated heterocycles. The lowest BCUT2D eigenvalue weighted by Gasteiger charge is -2.18. The predicted octanol–water partition coefficient (Wildman–Crippen LogP) is 2.10. The highest BCUT2D eigenvalue weighted by molar-refractivity contribution is 5.70. The fourth-order valence-corrected chi connectivity index (χ4v) is 2.01. The second-order valence-electron chi connectivity index (χ2n) is 4.84. The van der Waals surface area contributed by atoms with Crippen molar-refractivity contribution >= 4 is 5.97 Å². The van der Waals surface area contributed by atoms with Gasteiger partial charge in [0, 0.05) is 19.7 Å². The summed E-state index contributed by atoms with van der Waals surface area (Å²) in [4.78, 5) is 11.6. The molecule has 20 heavy (non-hydrogen) atoms. The molecule has 1 N–H and O–H groups in total. The Morgan fingerprint density at radius 2 is 2.00 bits per heavy atom. The second kappa shape index (κ2) is 9.50. The molecule has 1 unspecified atom stereocenters. The van der Waals surface area contributed by atoms with Gasteiger partial charge in [-0.2, -0.15) is 0 Å². The van der Waals surface area contributed by atoms with Gasteiger partial charge in [-0.1, -0.05) is 29.8 Å². The van der Waals surface area contributed by atoms with E-state index in [9.17, 15) is 4.79 Å². The van der Waals surface area contributed by atoms with Crippen molar-refractivity contribution in [3.8, 4) is 0 Å². The number of hydrogen-bond acceptors (Lipinski definition) is 4. The Balaban J connectivity index is 2.56. The van der Waals surface area contributed by atoms with Crippen molar-refractivity contribution in [3.05, 3.63) is 35.4 Å². The number of carbonyl (C=O) groups excluding carboxylic acids is 1. The Bertz CT molecular complexity index is 389. The monoisotopic (exact) mass is 279 g/mol. The van der Waals surface area contributed by atoms with Crippen LogP contribution in [0.5, 0.6) is 0 Å². The van der Waals surface area contributed by atoms with Crippen LogP contribution in [0.1, 0.15) is 24.5 Å². The van der Waals surface area contributed by atoms with Crippen LogP contribution in [-0.4, -0.2) is 38.9 Å². The molecule has 1 aromatic carbocycles. The smallest absolute Gasteiger partial charge is 0.307 e. The Labute approximate surface area is 121 Å². The van der Waals surface area contributed by atoms with Crippen molar-refractivity contribution in [2.45, 2.75) is 32.7 Å². The Morgan fingerprint density at radius 1 is 1.30 bits per heavy atom. The molecule has 1 rings (SSSR count). The maximum Gasteiger partial charge on any atom is 0.307 e. The summed E-state index contributed by atoms with van der Waals surface area (Å²) in [6.07, 6.45) is 1.19. The van der Waals surface area contributed by atoms with E-state index in [1.807, 2.05) is 6.92 Å².